The second-order valence-electron chi connectivity index (χ2n) is 6.04. The minimum atomic E-state index is -3.55. The number of nitriles is 1. The Morgan fingerprint density at radius 2 is 2.12 bits per heavy atom. The molecule has 1 aliphatic heterocycles. The van der Waals surface area contributed by atoms with Gasteiger partial charge in [0.2, 0.25) is 16.0 Å². The first-order chi connectivity index (χ1) is 11.7. The first kappa shape index (κ1) is 17.7. The third kappa shape index (κ3) is 3.11. The zero-order valence-electron chi connectivity index (χ0n) is 13.5. The molecule has 6 nitrogen and oxygen atoms in total. The highest BCUT2D eigenvalue weighted by Crippen LogP contribution is 2.36. The quantitative estimate of drug-likeness (QED) is 0.818. The van der Waals surface area contributed by atoms with Gasteiger partial charge in [-0.25, -0.2) is 12.7 Å². The van der Waals surface area contributed by atoms with Gasteiger partial charge >= 0.3 is 0 Å². The molecule has 0 unspecified atom stereocenters. The third-order valence-electron chi connectivity index (χ3n) is 4.16. The van der Waals surface area contributed by atoms with E-state index in [-0.39, 0.29) is 11.7 Å². The molecular formula is C16H15ClN4O2S2. The molecule has 0 amide bonds. The molecule has 0 aliphatic carbocycles. The second kappa shape index (κ2) is 6.02. The largest absolute Gasteiger partial charge is 0.344 e. The Morgan fingerprint density at radius 1 is 1.40 bits per heavy atom. The molecule has 2 heterocycles. The summed E-state index contributed by atoms with van der Waals surface area (Å²) in [6, 6.07) is 9.13. The van der Waals surface area contributed by atoms with Crippen LogP contribution in [0.15, 0.2) is 29.6 Å². The summed E-state index contributed by atoms with van der Waals surface area (Å²) in [6.45, 7) is 1.77. The number of benzene rings is 1. The van der Waals surface area contributed by atoms with E-state index >= 15 is 0 Å². The van der Waals surface area contributed by atoms with E-state index in [1.165, 1.54) is 18.4 Å². The van der Waals surface area contributed by atoms with Crippen molar-refractivity contribution in [3.05, 3.63) is 45.1 Å². The van der Waals surface area contributed by atoms with Crippen LogP contribution in [0.2, 0.25) is 5.02 Å². The van der Waals surface area contributed by atoms with Crippen molar-refractivity contribution < 1.29 is 8.42 Å². The van der Waals surface area contributed by atoms with E-state index in [9.17, 15) is 8.42 Å². The van der Waals surface area contributed by atoms with Crippen molar-refractivity contribution in [2.75, 3.05) is 12.8 Å². The Bertz CT molecular complexity index is 1010. The minimum Gasteiger partial charge on any atom is -0.344 e. The molecular weight excluding hydrogens is 380 g/mol. The first-order valence-electron chi connectivity index (χ1n) is 7.29. The van der Waals surface area contributed by atoms with Crippen molar-refractivity contribution in [3.8, 4) is 17.2 Å². The summed E-state index contributed by atoms with van der Waals surface area (Å²) in [7, 11) is -2.18. The number of rotatable bonds is 2. The molecule has 2 aromatic rings. The maximum absolute atomic E-state index is 12.3. The Labute approximate surface area is 155 Å². The Hall–Kier alpha value is -2.08. The van der Waals surface area contributed by atoms with E-state index in [0.717, 1.165) is 20.3 Å². The SMILES string of the molecule is CN1C(=N)N[C@](C)(c2cc(-c3ccc(Cl)c(C#N)c3)cs2)CS1(=O)=O. The summed E-state index contributed by atoms with van der Waals surface area (Å²) in [5.41, 5.74) is 1.22. The average molecular weight is 395 g/mol. The highest BCUT2D eigenvalue weighted by Gasteiger charge is 2.42. The van der Waals surface area contributed by atoms with Gasteiger partial charge in [-0.2, -0.15) is 5.26 Å². The van der Waals surface area contributed by atoms with E-state index in [2.05, 4.69) is 11.4 Å². The normalized spacial score (nSPS) is 22.3. The molecule has 1 atom stereocenters. The topological polar surface area (TPSA) is 97.1 Å². The van der Waals surface area contributed by atoms with Gasteiger partial charge in [-0.3, -0.25) is 5.41 Å². The monoisotopic (exact) mass is 394 g/mol. The summed E-state index contributed by atoms with van der Waals surface area (Å²) in [6.07, 6.45) is 0. The second-order valence-corrected chi connectivity index (χ2v) is 9.35. The molecule has 0 radical (unpaired) electrons. The number of nitrogens with one attached hydrogen (secondary N) is 2. The number of thiophene rings is 1. The van der Waals surface area contributed by atoms with Crippen molar-refractivity contribution in [1.82, 2.24) is 9.62 Å². The van der Waals surface area contributed by atoms with Gasteiger partial charge in [0.25, 0.3) is 0 Å². The molecule has 1 fully saturated rings. The van der Waals surface area contributed by atoms with Crippen LogP contribution < -0.4 is 5.32 Å². The first-order valence-corrected chi connectivity index (χ1v) is 10.2. The lowest BCUT2D eigenvalue weighted by molar-refractivity contribution is 0.424. The predicted octanol–water partition coefficient (Wildman–Crippen LogP) is 2.95. The number of guanidine groups is 1. The lowest BCUT2D eigenvalue weighted by Gasteiger charge is -2.39. The maximum atomic E-state index is 12.3. The van der Waals surface area contributed by atoms with Crippen molar-refractivity contribution in [2.24, 2.45) is 0 Å². The molecule has 9 heteroatoms. The van der Waals surface area contributed by atoms with Crippen molar-refractivity contribution >= 4 is 38.9 Å². The fourth-order valence-corrected chi connectivity index (χ4v) is 5.44. The van der Waals surface area contributed by atoms with Crippen molar-refractivity contribution in [3.63, 3.8) is 0 Å². The maximum Gasteiger partial charge on any atom is 0.239 e. The summed E-state index contributed by atoms with van der Waals surface area (Å²) >= 11 is 7.38. The van der Waals surface area contributed by atoms with Crippen LogP contribution in [0.4, 0.5) is 0 Å². The molecule has 2 N–H and O–H groups in total. The van der Waals surface area contributed by atoms with Crippen LogP contribution in [0.1, 0.15) is 17.4 Å². The van der Waals surface area contributed by atoms with E-state index in [0.29, 0.717) is 10.6 Å². The molecule has 0 spiro atoms. The van der Waals surface area contributed by atoms with E-state index in [1.807, 2.05) is 17.5 Å². The summed E-state index contributed by atoms with van der Waals surface area (Å²) in [5, 5.41) is 22.3. The van der Waals surface area contributed by atoms with Gasteiger partial charge in [0.05, 0.1) is 21.9 Å². The van der Waals surface area contributed by atoms with E-state index in [4.69, 9.17) is 22.3 Å². The molecule has 3 rings (SSSR count). The lowest BCUT2D eigenvalue weighted by Crippen LogP contribution is -2.60. The van der Waals surface area contributed by atoms with Gasteiger partial charge in [-0.05, 0) is 41.6 Å². The van der Waals surface area contributed by atoms with E-state index < -0.39 is 15.6 Å². The smallest absolute Gasteiger partial charge is 0.239 e. The van der Waals surface area contributed by atoms with Crippen LogP contribution >= 0.6 is 22.9 Å². The van der Waals surface area contributed by atoms with Crippen LogP contribution in [0, 0.1) is 16.7 Å². The highest BCUT2D eigenvalue weighted by atomic mass is 35.5. The van der Waals surface area contributed by atoms with Crippen molar-refractivity contribution in [2.45, 2.75) is 12.5 Å². The third-order valence-corrected chi connectivity index (χ3v) is 7.64. The van der Waals surface area contributed by atoms with Gasteiger partial charge in [0.1, 0.15) is 6.07 Å². The molecule has 1 aromatic heterocycles. The van der Waals surface area contributed by atoms with Crippen LogP contribution in [0.5, 0.6) is 0 Å². The average Bonchev–Trinajstić information content (AvgIpc) is 3.03. The van der Waals surface area contributed by atoms with Crippen LogP contribution in [-0.2, 0) is 15.6 Å². The van der Waals surface area contributed by atoms with Crippen LogP contribution in [0.25, 0.3) is 11.1 Å². The predicted molar refractivity (Wildman–Crippen MR) is 99.2 cm³/mol. The standard InChI is InChI=1S/C16H15ClN4O2S2/c1-16(9-25(22,23)21(2)15(19)20-16)14-6-12(8-24-14)10-3-4-13(17)11(5-10)7-18/h3-6,8H,9H2,1-2H3,(H2,19,20)/t16-/m0/s1. The Balaban J connectivity index is 1.99. The number of hydrogen-bond donors (Lipinski definition) is 2. The molecule has 25 heavy (non-hydrogen) atoms. The molecule has 1 aliphatic rings. The number of halogens is 1. The van der Waals surface area contributed by atoms with Gasteiger partial charge in [0, 0.05) is 11.9 Å². The van der Waals surface area contributed by atoms with Crippen LogP contribution in [-0.4, -0.2) is 31.5 Å². The van der Waals surface area contributed by atoms with Gasteiger partial charge in [-0.1, -0.05) is 17.7 Å². The zero-order valence-corrected chi connectivity index (χ0v) is 15.9. The molecule has 130 valence electrons. The molecule has 1 aromatic carbocycles. The fourth-order valence-electron chi connectivity index (χ4n) is 2.68. The van der Waals surface area contributed by atoms with Crippen molar-refractivity contribution in [1.29, 1.82) is 10.7 Å². The van der Waals surface area contributed by atoms with Gasteiger partial charge < -0.3 is 5.32 Å². The Kier molecular flexibility index (Phi) is 4.27. The summed E-state index contributed by atoms with van der Waals surface area (Å²) < 4.78 is 25.5. The van der Waals surface area contributed by atoms with E-state index in [1.54, 1.807) is 19.1 Å². The van der Waals surface area contributed by atoms with Crippen LogP contribution in [0.3, 0.4) is 0 Å². The number of sulfonamides is 1. The van der Waals surface area contributed by atoms with Gasteiger partial charge in [-0.15, -0.1) is 11.3 Å². The molecule has 0 bridgehead atoms. The summed E-state index contributed by atoms with van der Waals surface area (Å²) in [5.74, 6) is -0.287. The molecule has 0 saturated carbocycles. The zero-order chi connectivity index (χ0) is 18.4. The number of hydrogen-bond acceptors (Lipinski definition) is 5. The number of nitrogens with zero attached hydrogens (tertiary/aromatic N) is 2. The summed E-state index contributed by atoms with van der Waals surface area (Å²) in [4.78, 5) is 0.803. The fraction of sp³-hybridized carbons (Fsp3) is 0.250. The molecule has 1 saturated heterocycles. The highest BCUT2D eigenvalue weighted by molar-refractivity contribution is 7.89. The Morgan fingerprint density at radius 3 is 2.76 bits per heavy atom. The van der Waals surface area contributed by atoms with Gasteiger partial charge in [0.15, 0.2) is 0 Å². The lowest BCUT2D eigenvalue weighted by atomic mass is 10.00. The minimum absolute atomic E-state index is 0.136.